The van der Waals surface area contributed by atoms with Gasteiger partial charge in [-0.05, 0) is 49.0 Å². The van der Waals surface area contributed by atoms with Crippen LogP contribution in [0.3, 0.4) is 0 Å². The molecule has 132 valence electrons. The topological polar surface area (TPSA) is 59.6 Å². The summed E-state index contributed by atoms with van der Waals surface area (Å²) >= 11 is 5.22. The molecular formula is C19H22N2O3S. The van der Waals surface area contributed by atoms with E-state index in [0.717, 1.165) is 5.56 Å². The minimum Gasteiger partial charge on any atom is -0.491 e. The Kier molecular flexibility index (Phi) is 7.37. The van der Waals surface area contributed by atoms with Gasteiger partial charge in [-0.1, -0.05) is 30.3 Å². The van der Waals surface area contributed by atoms with E-state index in [9.17, 15) is 4.79 Å². The lowest BCUT2D eigenvalue weighted by atomic mass is 10.1. The van der Waals surface area contributed by atoms with Crippen molar-refractivity contribution >= 4 is 23.2 Å². The molecule has 0 aromatic heterocycles. The Morgan fingerprint density at radius 1 is 1.08 bits per heavy atom. The summed E-state index contributed by atoms with van der Waals surface area (Å²) in [5, 5.41) is 6.09. The quantitative estimate of drug-likeness (QED) is 0.588. The van der Waals surface area contributed by atoms with Gasteiger partial charge in [-0.15, -0.1) is 0 Å². The highest BCUT2D eigenvalue weighted by Gasteiger charge is 2.11. The molecule has 2 aromatic carbocycles. The monoisotopic (exact) mass is 358 g/mol. The first kappa shape index (κ1) is 18.9. The number of amides is 1. The van der Waals surface area contributed by atoms with Crippen LogP contribution in [0.25, 0.3) is 0 Å². The van der Waals surface area contributed by atoms with Crippen molar-refractivity contribution in [2.75, 3.05) is 20.3 Å². The first-order valence-electron chi connectivity index (χ1n) is 7.98. The Morgan fingerprint density at radius 3 is 2.40 bits per heavy atom. The van der Waals surface area contributed by atoms with E-state index in [1.165, 1.54) is 0 Å². The molecule has 0 aliphatic rings. The molecule has 2 rings (SSSR count). The molecule has 0 aliphatic carbocycles. The molecule has 0 fully saturated rings. The Hall–Kier alpha value is -2.44. The van der Waals surface area contributed by atoms with E-state index in [0.29, 0.717) is 29.6 Å². The van der Waals surface area contributed by atoms with Gasteiger partial charge < -0.3 is 14.8 Å². The highest BCUT2D eigenvalue weighted by molar-refractivity contribution is 7.80. The summed E-state index contributed by atoms with van der Waals surface area (Å²) in [4.78, 5) is 12.2. The molecule has 2 aromatic rings. The smallest absolute Gasteiger partial charge is 0.257 e. The van der Waals surface area contributed by atoms with Crippen LogP contribution in [-0.4, -0.2) is 31.3 Å². The zero-order valence-electron chi connectivity index (χ0n) is 14.3. The fourth-order valence-corrected chi connectivity index (χ4v) is 2.45. The molecule has 0 spiro atoms. The number of hydrogen-bond acceptors (Lipinski definition) is 4. The van der Waals surface area contributed by atoms with E-state index in [1.807, 2.05) is 37.3 Å². The van der Waals surface area contributed by atoms with Gasteiger partial charge in [0.25, 0.3) is 5.91 Å². The Balaban J connectivity index is 1.85. The lowest BCUT2D eigenvalue weighted by Gasteiger charge is -2.16. The first-order valence-corrected chi connectivity index (χ1v) is 8.39. The summed E-state index contributed by atoms with van der Waals surface area (Å²) in [6.45, 7) is 2.97. The number of ether oxygens (including phenoxy) is 2. The van der Waals surface area contributed by atoms with E-state index in [4.69, 9.17) is 21.7 Å². The lowest BCUT2D eigenvalue weighted by molar-refractivity contribution is 0.0976. The second-order valence-corrected chi connectivity index (χ2v) is 5.83. The van der Waals surface area contributed by atoms with Crippen LogP contribution in [0, 0.1) is 0 Å². The maximum absolute atomic E-state index is 12.2. The molecule has 5 nitrogen and oxygen atoms in total. The minimum atomic E-state index is -0.263. The molecule has 0 aliphatic heterocycles. The van der Waals surface area contributed by atoms with Crippen molar-refractivity contribution in [2.24, 2.45) is 0 Å². The third kappa shape index (κ3) is 6.17. The highest BCUT2D eigenvalue weighted by Crippen LogP contribution is 2.13. The number of rotatable bonds is 7. The van der Waals surface area contributed by atoms with Gasteiger partial charge in [-0.3, -0.25) is 10.1 Å². The van der Waals surface area contributed by atoms with Gasteiger partial charge in [0.1, 0.15) is 12.4 Å². The van der Waals surface area contributed by atoms with Crippen LogP contribution in [-0.2, 0) is 4.74 Å². The van der Waals surface area contributed by atoms with Gasteiger partial charge >= 0.3 is 0 Å². The molecule has 0 heterocycles. The van der Waals surface area contributed by atoms with Crippen LogP contribution >= 0.6 is 12.2 Å². The maximum Gasteiger partial charge on any atom is 0.257 e. The average molecular weight is 358 g/mol. The number of hydrogen-bond donors (Lipinski definition) is 2. The van der Waals surface area contributed by atoms with E-state index < -0.39 is 0 Å². The zero-order chi connectivity index (χ0) is 18.1. The fraction of sp³-hybridized carbons (Fsp3) is 0.263. The molecule has 0 bridgehead atoms. The first-order chi connectivity index (χ1) is 12.1. The van der Waals surface area contributed by atoms with Crippen LogP contribution in [0.15, 0.2) is 54.6 Å². The summed E-state index contributed by atoms with van der Waals surface area (Å²) in [6, 6.07) is 16.8. The van der Waals surface area contributed by atoms with Crippen LogP contribution in [0.2, 0.25) is 0 Å². The fourth-order valence-electron chi connectivity index (χ4n) is 2.18. The van der Waals surface area contributed by atoms with Gasteiger partial charge in [0.2, 0.25) is 0 Å². The minimum absolute atomic E-state index is 0.00515. The van der Waals surface area contributed by atoms with Crippen molar-refractivity contribution in [1.29, 1.82) is 0 Å². The number of methoxy groups -OCH3 is 1. The van der Waals surface area contributed by atoms with Crippen molar-refractivity contribution in [1.82, 2.24) is 10.6 Å². The van der Waals surface area contributed by atoms with Crippen molar-refractivity contribution < 1.29 is 14.3 Å². The van der Waals surface area contributed by atoms with Crippen molar-refractivity contribution in [3.05, 3.63) is 65.7 Å². The van der Waals surface area contributed by atoms with E-state index in [1.54, 1.807) is 31.4 Å². The SMILES string of the molecule is COCCOc1ccc(C(=O)NC(=S)NC(C)c2ccccc2)cc1. The average Bonchev–Trinajstić information content (AvgIpc) is 2.63. The molecular weight excluding hydrogens is 336 g/mol. The molecule has 2 N–H and O–H groups in total. The van der Waals surface area contributed by atoms with Gasteiger partial charge in [-0.25, -0.2) is 0 Å². The summed E-state index contributed by atoms with van der Waals surface area (Å²) in [5.41, 5.74) is 1.60. The Bertz CT molecular complexity index is 690. The lowest BCUT2D eigenvalue weighted by Crippen LogP contribution is -2.40. The van der Waals surface area contributed by atoms with Gasteiger partial charge in [-0.2, -0.15) is 0 Å². The molecule has 25 heavy (non-hydrogen) atoms. The summed E-state index contributed by atoms with van der Waals surface area (Å²) < 4.78 is 10.4. The van der Waals surface area contributed by atoms with Gasteiger partial charge in [0, 0.05) is 12.7 Å². The van der Waals surface area contributed by atoms with Gasteiger partial charge in [0.15, 0.2) is 5.11 Å². The summed E-state index contributed by atoms with van der Waals surface area (Å²) in [6.07, 6.45) is 0. The van der Waals surface area contributed by atoms with Crippen LogP contribution in [0.5, 0.6) is 5.75 Å². The maximum atomic E-state index is 12.2. The van der Waals surface area contributed by atoms with Crippen LogP contribution < -0.4 is 15.4 Å². The van der Waals surface area contributed by atoms with Crippen LogP contribution in [0.4, 0.5) is 0 Å². The second kappa shape index (κ2) is 9.76. The number of carbonyl (C=O) groups is 1. The van der Waals surface area contributed by atoms with Crippen molar-refractivity contribution in [3.63, 3.8) is 0 Å². The molecule has 1 atom stereocenters. The largest absolute Gasteiger partial charge is 0.491 e. The normalized spacial score (nSPS) is 11.4. The number of carbonyl (C=O) groups excluding carboxylic acids is 1. The number of thiocarbonyl (C=S) groups is 1. The van der Waals surface area contributed by atoms with Gasteiger partial charge in [0.05, 0.1) is 12.6 Å². The Labute approximate surface area is 153 Å². The van der Waals surface area contributed by atoms with E-state index >= 15 is 0 Å². The molecule has 0 saturated heterocycles. The third-order valence-corrected chi connectivity index (χ3v) is 3.77. The highest BCUT2D eigenvalue weighted by atomic mass is 32.1. The standard InChI is InChI=1S/C19H22N2O3S/c1-14(15-6-4-3-5-7-15)20-19(25)21-18(22)16-8-10-17(11-9-16)24-13-12-23-2/h3-11,14H,12-13H2,1-2H3,(H2,20,21,22,25). The van der Waals surface area contributed by atoms with Crippen LogP contribution in [0.1, 0.15) is 28.9 Å². The predicted octanol–water partition coefficient (Wildman–Crippen LogP) is 3.08. The van der Waals surface area contributed by atoms with Crippen molar-refractivity contribution in [2.45, 2.75) is 13.0 Å². The van der Waals surface area contributed by atoms with E-state index in [-0.39, 0.29) is 11.9 Å². The molecule has 6 heteroatoms. The molecule has 0 radical (unpaired) electrons. The summed E-state index contributed by atoms with van der Waals surface area (Å²) in [5.74, 6) is 0.424. The molecule has 1 unspecified atom stereocenters. The Morgan fingerprint density at radius 2 is 1.76 bits per heavy atom. The zero-order valence-corrected chi connectivity index (χ0v) is 15.1. The number of benzene rings is 2. The predicted molar refractivity (Wildman–Crippen MR) is 102 cm³/mol. The van der Waals surface area contributed by atoms with E-state index in [2.05, 4.69) is 10.6 Å². The number of nitrogens with one attached hydrogen (secondary N) is 2. The van der Waals surface area contributed by atoms with Crippen molar-refractivity contribution in [3.8, 4) is 5.75 Å². The molecule has 1 amide bonds. The third-order valence-electron chi connectivity index (χ3n) is 3.55. The summed E-state index contributed by atoms with van der Waals surface area (Å²) in [7, 11) is 1.62. The second-order valence-electron chi connectivity index (χ2n) is 5.43. The molecule has 0 saturated carbocycles.